The van der Waals surface area contributed by atoms with E-state index in [4.69, 9.17) is 18.5 Å². The minimum atomic E-state index is -4.50. The summed E-state index contributed by atoms with van der Waals surface area (Å²) in [4.78, 5) is 24.7. The summed E-state index contributed by atoms with van der Waals surface area (Å²) >= 11 is 0. The lowest BCUT2D eigenvalue weighted by molar-refractivity contribution is -0.870. The largest absolute Gasteiger partial charge is 0.756 e. The Labute approximate surface area is 259 Å². The van der Waals surface area contributed by atoms with Gasteiger partial charge >= 0.3 is 5.97 Å². The standard InChI is InChI=1S/C33H66NO7P/c1-6-8-10-12-14-15-16-17-18-19-20-21-22-24-26-33(35)41-32(30-38-28-25-23-13-11-9-7-2)31-40-42(36,37)39-29-27-34(3,4)5/h16-17,32H,6-15,18-31H2,1-5H3/b17-16-. The third-order valence-corrected chi connectivity index (χ3v) is 8.03. The Morgan fingerprint density at radius 1 is 0.714 bits per heavy atom. The van der Waals surface area contributed by atoms with Gasteiger partial charge in [-0.1, -0.05) is 103 Å². The second-order valence-corrected chi connectivity index (χ2v) is 13.9. The molecule has 0 aliphatic carbocycles. The summed E-state index contributed by atoms with van der Waals surface area (Å²) in [5, 5.41) is 0. The molecule has 0 aromatic rings. The molecule has 0 aliphatic rings. The average molecular weight is 620 g/mol. The molecule has 42 heavy (non-hydrogen) atoms. The van der Waals surface area contributed by atoms with Gasteiger partial charge in [-0.15, -0.1) is 0 Å². The number of unbranched alkanes of at least 4 members (excludes halogenated alkanes) is 15. The first-order chi connectivity index (χ1) is 20.1. The first-order valence-electron chi connectivity index (χ1n) is 16.9. The van der Waals surface area contributed by atoms with Crippen LogP contribution in [0.15, 0.2) is 12.2 Å². The van der Waals surface area contributed by atoms with E-state index in [1.54, 1.807) is 0 Å². The number of phosphoric ester groups is 1. The molecule has 0 aliphatic heterocycles. The Hall–Kier alpha value is -0.760. The van der Waals surface area contributed by atoms with E-state index in [1.807, 2.05) is 21.1 Å². The first-order valence-corrected chi connectivity index (χ1v) is 18.4. The van der Waals surface area contributed by atoms with E-state index in [-0.39, 0.29) is 25.8 Å². The van der Waals surface area contributed by atoms with Crippen molar-refractivity contribution >= 4 is 13.8 Å². The van der Waals surface area contributed by atoms with E-state index < -0.39 is 13.9 Å². The van der Waals surface area contributed by atoms with Gasteiger partial charge in [0, 0.05) is 13.0 Å². The van der Waals surface area contributed by atoms with Gasteiger partial charge in [-0.05, 0) is 38.5 Å². The minimum Gasteiger partial charge on any atom is -0.756 e. The molecule has 0 radical (unpaired) electrons. The van der Waals surface area contributed by atoms with E-state index in [2.05, 4.69) is 26.0 Å². The maximum Gasteiger partial charge on any atom is 0.306 e. The summed E-state index contributed by atoms with van der Waals surface area (Å²) in [6.07, 6.45) is 25.1. The highest BCUT2D eigenvalue weighted by Crippen LogP contribution is 2.38. The van der Waals surface area contributed by atoms with Crippen LogP contribution in [-0.4, -0.2) is 70.7 Å². The van der Waals surface area contributed by atoms with Gasteiger partial charge in [-0.2, -0.15) is 0 Å². The Kier molecular flexibility index (Phi) is 27.3. The van der Waals surface area contributed by atoms with Gasteiger partial charge in [0.25, 0.3) is 7.82 Å². The van der Waals surface area contributed by atoms with Crippen LogP contribution in [0.3, 0.4) is 0 Å². The van der Waals surface area contributed by atoms with E-state index in [0.29, 0.717) is 24.1 Å². The lowest BCUT2D eigenvalue weighted by Crippen LogP contribution is -2.37. The third kappa shape index (κ3) is 30.7. The molecule has 9 heteroatoms. The summed E-state index contributed by atoms with van der Waals surface area (Å²) in [5.74, 6) is -0.347. The lowest BCUT2D eigenvalue weighted by Gasteiger charge is -2.28. The van der Waals surface area contributed by atoms with E-state index in [9.17, 15) is 14.3 Å². The van der Waals surface area contributed by atoms with Crippen molar-refractivity contribution in [3.8, 4) is 0 Å². The van der Waals surface area contributed by atoms with Crippen LogP contribution in [0, 0.1) is 0 Å². The highest BCUT2D eigenvalue weighted by molar-refractivity contribution is 7.45. The fourth-order valence-electron chi connectivity index (χ4n) is 4.36. The quantitative estimate of drug-likeness (QED) is 0.0254. The Morgan fingerprint density at radius 3 is 1.81 bits per heavy atom. The molecule has 2 unspecified atom stereocenters. The number of carbonyl (C=O) groups excluding carboxylic acids is 1. The topological polar surface area (TPSA) is 94.1 Å². The summed E-state index contributed by atoms with van der Waals surface area (Å²) < 4.78 is 34.1. The molecule has 0 bridgehead atoms. The van der Waals surface area contributed by atoms with Crippen molar-refractivity contribution in [3.63, 3.8) is 0 Å². The molecule has 0 fully saturated rings. The molecule has 0 rings (SSSR count). The summed E-state index contributed by atoms with van der Waals surface area (Å²) in [6, 6.07) is 0. The number of carbonyl (C=O) groups is 1. The van der Waals surface area contributed by atoms with E-state index >= 15 is 0 Å². The molecule has 0 aromatic heterocycles. The summed E-state index contributed by atoms with van der Waals surface area (Å²) in [5.41, 5.74) is 0. The Balaban J connectivity index is 4.29. The summed E-state index contributed by atoms with van der Waals surface area (Å²) in [6.45, 7) is 5.33. The molecular weight excluding hydrogens is 553 g/mol. The number of ether oxygens (including phenoxy) is 2. The van der Waals surface area contributed by atoms with Crippen LogP contribution in [0.2, 0.25) is 0 Å². The van der Waals surface area contributed by atoms with Crippen molar-refractivity contribution in [1.82, 2.24) is 0 Å². The zero-order valence-corrected chi connectivity index (χ0v) is 28.8. The maximum atomic E-state index is 12.5. The van der Waals surface area contributed by atoms with Crippen LogP contribution in [0.25, 0.3) is 0 Å². The number of phosphoric acid groups is 1. The molecular formula is C33H66NO7P. The predicted octanol–water partition coefficient (Wildman–Crippen LogP) is 8.13. The Morgan fingerprint density at radius 2 is 1.24 bits per heavy atom. The molecule has 2 atom stereocenters. The molecule has 0 spiro atoms. The molecule has 0 aromatic carbocycles. The number of nitrogens with zero attached hydrogens (tertiary/aromatic N) is 1. The zero-order valence-electron chi connectivity index (χ0n) is 28.0. The fraction of sp³-hybridized carbons (Fsp3) is 0.909. The Bertz CT molecular complexity index is 696. The molecule has 0 saturated heterocycles. The monoisotopic (exact) mass is 619 g/mol. The van der Waals surface area contributed by atoms with Crippen LogP contribution in [-0.2, 0) is 27.9 Å². The van der Waals surface area contributed by atoms with Crippen molar-refractivity contribution in [2.45, 2.75) is 142 Å². The van der Waals surface area contributed by atoms with Crippen molar-refractivity contribution in [2.75, 3.05) is 54.1 Å². The number of rotatable bonds is 31. The maximum absolute atomic E-state index is 12.5. The average Bonchev–Trinajstić information content (AvgIpc) is 2.92. The van der Waals surface area contributed by atoms with Gasteiger partial charge in [0.1, 0.15) is 19.3 Å². The fourth-order valence-corrected chi connectivity index (χ4v) is 5.09. The number of hydrogen-bond acceptors (Lipinski definition) is 7. The van der Waals surface area contributed by atoms with Crippen LogP contribution < -0.4 is 4.89 Å². The first kappa shape index (κ1) is 41.2. The molecule has 8 nitrogen and oxygen atoms in total. The highest BCUT2D eigenvalue weighted by atomic mass is 31.2. The van der Waals surface area contributed by atoms with Crippen molar-refractivity contribution in [1.29, 1.82) is 0 Å². The second-order valence-electron chi connectivity index (χ2n) is 12.5. The van der Waals surface area contributed by atoms with Crippen molar-refractivity contribution in [2.24, 2.45) is 0 Å². The van der Waals surface area contributed by atoms with Crippen molar-refractivity contribution < 1.29 is 37.3 Å². The number of allylic oxidation sites excluding steroid dienone is 2. The molecule has 0 saturated carbocycles. The van der Waals surface area contributed by atoms with Crippen LogP contribution in [0.1, 0.15) is 136 Å². The SMILES string of the molecule is CCCCCCC/C=C\CCCCCCCC(=O)OC(COCCCCCCCC)COP(=O)([O-])OCC[N+](C)(C)C. The predicted molar refractivity (Wildman–Crippen MR) is 171 cm³/mol. The molecule has 250 valence electrons. The number of esters is 1. The number of hydrogen-bond donors (Lipinski definition) is 0. The molecule has 0 N–H and O–H groups in total. The van der Waals surface area contributed by atoms with Gasteiger partial charge in [-0.3, -0.25) is 9.36 Å². The van der Waals surface area contributed by atoms with Gasteiger partial charge in [0.05, 0.1) is 34.4 Å². The van der Waals surface area contributed by atoms with Crippen LogP contribution >= 0.6 is 7.82 Å². The van der Waals surface area contributed by atoms with Gasteiger partial charge in [0.15, 0.2) is 0 Å². The summed E-state index contributed by atoms with van der Waals surface area (Å²) in [7, 11) is 1.35. The third-order valence-electron chi connectivity index (χ3n) is 7.07. The second kappa shape index (κ2) is 27.8. The lowest BCUT2D eigenvalue weighted by atomic mass is 10.1. The molecule has 0 heterocycles. The zero-order chi connectivity index (χ0) is 31.4. The van der Waals surface area contributed by atoms with E-state index in [0.717, 1.165) is 44.9 Å². The van der Waals surface area contributed by atoms with E-state index in [1.165, 1.54) is 70.6 Å². The van der Waals surface area contributed by atoms with Gasteiger partial charge in [0.2, 0.25) is 0 Å². The highest BCUT2D eigenvalue weighted by Gasteiger charge is 2.20. The van der Waals surface area contributed by atoms with Crippen LogP contribution in [0.5, 0.6) is 0 Å². The smallest absolute Gasteiger partial charge is 0.306 e. The van der Waals surface area contributed by atoms with Crippen LogP contribution in [0.4, 0.5) is 0 Å². The normalized spacial score (nSPS) is 14.3. The number of quaternary nitrogens is 1. The van der Waals surface area contributed by atoms with Gasteiger partial charge in [-0.25, -0.2) is 0 Å². The van der Waals surface area contributed by atoms with Crippen molar-refractivity contribution in [3.05, 3.63) is 12.2 Å². The van der Waals surface area contributed by atoms with Gasteiger partial charge < -0.3 is 27.9 Å². The number of likely N-dealkylation sites (N-methyl/N-ethyl adjacent to an activating group) is 1. The molecule has 0 amide bonds. The minimum absolute atomic E-state index is 0.0265.